The predicted molar refractivity (Wildman–Crippen MR) is 120 cm³/mol. The summed E-state index contributed by atoms with van der Waals surface area (Å²) in [7, 11) is 0. The van der Waals surface area contributed by atoms with E-state index in [2.05, 4.69) is 16.0 Å². The van der Waals surface area contributed by atoms with Crippen LogP contribution in [0.4, 0.5) is 0 Å². The van der Waals surface area contributed by atoms with E-state index in [1.807, 2.05) is 0 Å². The van der Waals surface area contributed by atoms with Crippen molar-refractivity contribution in [3.8, 4) is 0 Å². The number of carboxylic acid groups (broad SMARTS) is 2. The molecule has 0 bridgehead atoms. The van der Waals surface area contributed by atoms with Crippen molar-refractivity contribution >= 4 is 41.5 Å². The predicted octanol–water partition coefficient (Wildman–Crippen LogP) is -3.10. The number of carbonyl (C=O) groups is 7. The first kappa shape index (κ1) is 31.2. The van der Waals surface area contributed by atoms with E-state index in [4.69, 9.17) is 22.3 Å². The van der Waals surface area contributed by atoms with E-state index in [1.165, 1.54) is 0 Å². The minimum atomic E-state index is -1.60. The van der Waals surface area contributed by atoms with Gasteiger partial charge in [0.15, 0.2) is 0 Å². The normalized spacial score (nSPS) is 14.9. The molecular formula is C20H34N6O9. The van der Waals surface area contributed by atoms with Crippen molar-refractivity contribution in [1.29, 1.82) is 0 Å². The zero-order chi connectivity index (χ0) is 27.3. The highest BCUT2D eigenvalue weighted by Gasteiger charge is 2.32. The number of aliphatic carboxylic acids is 2. The van der Waals surface area contributed by atoms with Crippen LogP contribution < -0.4 is 33.2 Å². The first-order valence-electron chi connectivity index (χ1n) is 10.9. The molecule has 15 nitrogen and oxygen atoms in total. The van der Waals surface area contributed by atoms with Gasteiger partial charge in [0.2, 0.25) is 29.5 Å². The van der Waals surface area contributed by atoms with Gasteiger partial charge >= 0.3 is 11.9 Å². The zero-order valence-corrected chi connectivity index (χ0v) is 19.6. The van der Waals surface area contributed by atoms with Crippen LogP contribution in [0.3, 0.4) is 0 Å². The van der Waals surface area contributed by atoms with Crippen LogP contribution >= 0.6 is 0 Å². The van der Waals surface area contributed by atoms with Crippen molar-refractivity contribution in [2.24, 2.45) is 23.1 Å². The van der Waals surface area contributed by atoms with E-state index < -0.39 is 84.9 Å². The molecule has 0 aromatic heterocycles. The number of nitrogens with two attached hydrogens (primary N) is 3. The number of nitrogens with one attached hydrogen (secondary N) is 3. The van der Waals surface area contributed by atoms with Gasteiger partial charge in [0.1, 0.15) is 18.1 Å². The third-order valence-electron chi connectivity index (χ3n) is 5.17. The third kappa shape index (κ3) is 12.3. The minimum Gasteiger partial charge on any atom is -0.481 e. The molecule has 0 aliphatic heterocycles. The van der Waals surface area contributed by atoms with Crippen LogP contribution in [0.5, 0.6) is 0 Å². The number of hydrogen-bond acceptors (Lipinski definition) is 8. The molecule has 0 radical (unpaired) electrons. The molecule has 35 heavy (non-hydrogen) atoms. The van der Waals surface area contributed by atoms with Crippen molar-refractivity contribution < 1.29 is 43.8 Å². The monoisotopic (exact) mass is 502 g/mol. The average molecular weight is 503 g/mol. The molecule has 5 unspecified atom stereocenters. The van der Waals surface area contributed by atoms with Crippen molar-refractivity contribution in [2.75, 3.05) is 0 Å². The molecule has 0 heterocycles. The third-order valence-corrected chi connectivity index (χ3v) is 5.17. The number of carboxylic acids is 2. The molecule has 15 heteroatoms. The lowest BCUT2D eigenvalue weighted by molar-refractivity contribution is -0.143. The highest BCUT2D eigenvalue weighted by molar-refractivity contribution is 5.96. The summed E-state index contributed by atoms with van der Waals surface area (Å²) >= 11 is 0. The lowest BCUT2D eigenvalue weighted by Gasteiger charge is -2.25. The molecule has 0 fully saturated rings. The first-order chi connectivity index (χ1) is 16.2. The summed E-state index contributed by atoms with van der Waals surface area (Å²) in [5.41, 5.74) is 16.1. The van der Waals surface area contributed by atoms with E-state index >= 15 is 0 Å². The Kier molecular flexibility index (Phi) is 13.6. The molecule has 0 saturated carbocycles. The fourth-order valence-corrected chi connectivity index (χ4v) is 2.82. The average Bonchev–Trinajstić information content (AvgIpc) is 2.76. The van der Waals surface area contributed by atoms with Crippen LogP contribution in [0.1, 0.15) is 52.4 Å². The molecular weight excluding hydrogens is 468 g/mol. The summed E-state index contributed by atoms with van der Waals surface area (Å²) in [6.45, 7) is 3.51. The second-order valence-corrected chi connectivity index (χ2v) is 8.04. The van der Waals surface area contributed by atoms with Crippen molar-refractivity contribution in [1.82, 2.24) is 16.0 Å². The fraction of sp³-hybridized carbons (Fsp3) is 0.650. The van der Waals surface area contributed by atoms with Gasteiger partial charge < -0.3 is 43.4 Å². The SMILES string of the molecule is CCC(C)C(N)C(=O)NC(CC(N)=O)C(=O)NC(CCC(N)=O)C(=O)NC(CCC(=O)O)C(=O)O. The number of hydrogen-bond donors (Lipinski definition) is 8. The van der Waals surface area contributed by atoms with E-state index in [0.717, 1.165) is 0 Å². The molecule has 11 N–H and O–H groups in total. The van der Waals surface area contributed by atoms with E-state index in [9.17, 15) is 38.7 Å². The Balaban J connectivity index is 5.64. The maximum atomic E-state index is 12.8. The molecule has 0 aromatic rings. The fourth-order valence-electron chi connectivity index (χ4n) is 2.82. The molecule has 5 amide bonds. The van der Waals surface area contributed by atoms with Crippen LogP contribution in [0.15, 0.2) is 0 Å². The van der Waals surface area contributed by atoms with E-state index in [-0.39, 0.29) is 18.8 Å². The Morgan fingerprint density at radius 3 is 1.69 bits per heavy atom. The summed E-state index contributed by atoms with van der Waals surface area (Å²) in [5.74, 6) is -7.62. The second-order valence-electron chi connectivity index (χ2n) is 8.04. The van der Waals surface area contributed by atoms with Crippen molar-refractivity contribution in [3.63, 3.8) is 0 Å². The lowest BCUT2D eigenvalue weighted by Crippen LogP contribution is -2.58. The largest absolute Gasteiger partial charge is 0.481 e. The Morgan fingerprint density at radius 2 is 1.23 bits per heavy atom. The molecule has 0 aromatic carbocycles. The Bertz CT molecular complexity index is 819. The maximum absolute atomic E-state index is 12.8. The second kappa shape index (κ2) is 15.2. The summed E-state index contributed by atoms with van der Waals surface area (Å²) in [5, 5.41) is 24.6. The van der Waals surface area contributed by atoms with Gasteiger partial charge in [-0.3, -0.25) is 28.8 Å². The summed E-state index contributed by atoms with van der Waals surface area (Å²) < 4.78 is 0. The standard InChI is InChI=1S/C20H34N6O9/c1-3-9(2)16(23)19(33)26-12(8-14(22)28)18(32)24-10(4-6-13(21)27)17(31)25-11(20(34)35)5-7-15(29)30/h9-12,16H,3-8,23H2,1-2H3,(H2,21,27)(H2,22,28)(H,24,32)(H,25,31)(H,26,33)(H,29,30)(H,34,35). The summed E-state index contributed by atoms with van der Waals surface area (Å²) in [6, 6.07) is -5.61. The van der Waals surface area contributed by atoms with Crippen molar-refractivity contribution in [3.05, 3.63) is 0 Å². The Hall–Kier alpha value is -3.75. The summed E-state index contributed by atoms with van der Waals surface area (Å²) in [6.07, 6.45) is -1.80. The molecule has 0 aliphatic rings. The van der Waals surface area contributed by atoms with Gasteiger partial charge in [0.25, 0.3) is 0 Å². The van der Waals surface area contributed by atoms with Crippen LogP contribution in [0, 0.1) is 5.92 Å². The number of amides is 5. The topological polar surface area (TPSA) is 274 Å². The highest BCUT2D eigenvalue weighted by atomic mass is 16.4. The van der Waals surface area contributed by atoms with Crippen LogP contribution in [-0.4, -0.2) is 75.9 Å². The molecule has 198 valence electrons. The number of carbonyl (C=O) groups excluding carboxylic acids is 5. The molecule has 0 spiro atoms. The number of primary amides is 2. The zero-order valence-electron chi connectivity index (χ0n) is 19.6. The summed E-state index contributed by atoms with van der Waals surface area (Å²) in [4.78, 5) is 82.6. The van der Waals surface area contributed by atoms with Gasteiger partial charge in [-0.1, -0.05) is 20.3 Å². The van der Waals surface area contributed by atoms with Gasteiger partial charge in [0.05, 0.1) is 12.5 Å². The quantitative estimate of drug-likeness (QED) is 0.0991. The van der Waals surface area contributed by atoms with Gasteiger partial charge in [-0.05, 0) is 18.8 Å². The Morgan fingerprint density at radius 1 is 0.743 bits per heavy atom. The Labute approximate surface area is 201 Å². The minimum absolute atomic E-state index is 0.250. The molecule has 0 saturated heterocycles. The van der Waals surface area contributed by atoms with Crippen LogP contribution in [-0.2, 0) is 33.6 Å². The first-order valence-corrected chi connectivity index (χ1v) is 10.9. The van der Waals surface area contributed by atoms with Gasteiger partial charge in [-0.15, -0.1) is 0 Å². The lowest BCUT2D eigenvalue weighted by atomic mass is 9.99. The van der Waals surface area contributed by atoms with Crippen molar-refractivity contribution in [2.45, 2.75) is 76.5 Å². The van der Waals surface area contributed by atoms with Gasteiger partial charge in [0, 0.05) is 12.8 Å². The maximum Gasteiger partial charge on any atom is 0.326 e. The van der Waals surface area contributed by atoms with E-state index in [0.29, 0.717) is 6.42 Å². The molecule has 0 aliphatic carbocycles. The molecule has 0 rings (SSSR count). The van der Waals surface area contributed by atoms with Crippen LogP contribution in [0.25, 0.3) is 0 Å². The van der Waals surface area contributed by atoms with Gasteiger partial charge in [-0.2, -0.15) is 0 Å². The van der Waals surface area contributed by atoms with E-state index in [1.54, 1.807) is 13.8 Å². The highest BCUT2D eigenvalue weighted by Crippen LogP contribution is 2.07. The number of rotatable bonds is 17. The smallest absolute Gasteiger partial charge is 0.326 e. The molecule has 5 atom stereocenters. The van der Waals surface area contributed by atoms with Crippen LogP contribution in [0.2, 0.25) is 0 Å². The van der Waals surface area contributed by atoms with Gasteiger partial charge in [-0.25, -0.2) is 4.79 Å².